The third-order valence-electron chi connectivity index (χ3n) is 4.41. The second kappa shape index (κ2) is 7.94. The molecule has 0 bridgehead atoms. The minimum Gasteiger partial charge on any atom is -0.406 e. The van der Waals surface area contributed by atoms with Gasteiger partial charge in [0.1, 0.15) is 11.4 Å². The molecule has 0 aliphatic carbocycles. The highest BCUT2D eigenvalue weighted by Gasteiger charge is 2.31. The Morgan fingerprint density at radius 2 is 1.83 bits per heavy atom. The average molecular weight is 437 g/mol. The monoisotopic (exact) mass is 437 g/mol. The molecule has 0 fully saturated rings. The van der Waals surface area contributed by atoms with Gasteiger partial charge < -0.3 is 9.30 Å². The van der Waals surface area contributed by atoms with E-state index in [1.165, 1.54) is 55.7 Å². The van der Waals surface area contributed by atoms with E-state index < -0.39 is 16.2 Å². The Labute approximate surface area is 171 Å². The second-order valence-electron chi connectivity index (χ2n) is 6.32. The van der Waals surface area contributed by atoms with Crippen LogP contribution < -0.4 is 4.74 Å². The molecule has 0 atom stereocenters. The largest absolute Gasteiger partial charge is 0.573 e. The van der Waals surface area contributed by atoms with Gasteiger partial charge in [0.15, 0.2) is 15.7 Å². The molecule has 10 heteroatoms. The van der Waals surface area contributed by atoms with Gasteiger partial charge in [0.05, 0.1) is 22.5 Å². The lowest BCUT2D eigenvalue weighted by molar-refractivity contribution is -0.274. The summed E-state index contributed by atoms with van der Waals surface area (Å²) in [7, 11) is -1.92. The van der Waals surface area contributed by atoms with Crippen LogP contribution in [0.3, 0.4) is 0 Å². The van der Waals surface area contributed by atoms with Gasteiger partial charge in [0, 0.05) is 18.8 Å². The van der Waals surface area contributed by atoms with Crippen LogP contribution in [0.4, 0.5) is 13.2 Å². The van der Waals surface area contributed by atoms with Crippen molar-refractivity contribution in [2.45, 2.75) is 18.2 Å². The molecule has 0 aliphatic heterocycles. The Bertz CT molecular complexity index is 1180. The first-order chi connectivity index (χ1) is 14.1. The Hall–Kier alpha value is -3.14. The predicted octanol–water partition coefficient (Wildman–Crippen LogP) is 4.48. The number of hydrogen-bond acceptors (Lipinski definition) is 5. The summed E-state index contributed by atoms with van der Waals surface area (Å²) in [5.41, 5.74) is 1.89. The normalized spacial score (nSPS) is 12.0. The van der Waals surface area contributed by atoms with Crippen LogP contribution >= 0.6 is 0 Å². The molecule has 1 aromatic carbocycles. The van der Waals surface area contributed by atoms with Gasteiger partial charge in [-0.1, -0.05) is 19.6 Å². The highest BCUT2D eigenvalue weighted by molar-refractivity contribution is 7.91. The summed E-state index contributed by atoms with van der Waals surface area (Å²) in [6, 6.07) is 6.80. The van der Waals surface area contributed by atoms with Crippen molar-refractivity contribution < 1.29 is 26.3 Å². The summed E-state index contributed by atoms with van der Waals surface area (Å²) in [5.74, 6) is -0.143. The van der Waals surface area contributed by atoms with Gasteiger partial charge in [-0.3, -0.25) is 4.98 Å². The molecule has 2 heterocycles. The third-order valence-corrected chi connectivity index (χ3v) is 6.15. The van der Waals surface area contributed by atoms with Crippen LogP contribution in [0.1, 0.15) is 12.5 Å². The molecule has 6 nitrogen and oxygen atoms in total. The molecular weight excluding hydrogens is 419 g/mol. The van der Waals surface area contributed by atoms with E-state index in [1.807, 2.05) is 0 Å². The maximum absolute atomic E-state index is 12.6. The van der Waals surface area contributed by atoms with Crippen LogP contribution in [-0.4, -0.2) is 35.1 Å². The summed E-state index contributed by atoms with van der Waals surface area (Å²) in [5, 5.41) is 0. The number of aromatic nitrogens is 3. The van der Waals surface area contributed by atoms with E-state index in [0.29, 0.717) is 22.6 Å². The van der Waals surface area contributed by atoms with Crippen molar-refractivity contribution in [2.75, 3.05) is 5.75 Å². The summed E-state index contributed by atoms with van der Waals surface area (Å²) in [4.78, 5) is 8.62. The topological polar surface area (TPSA) is 74.1 Å². The van der Waals surface area contributed by atoms with Crippen LogP contribution in [0.5, 0.6) is 5.75 Å². The standard InChI is InChI=1S/C20H18F3N3O3S/c1-4-13-10-17(30(27,28)5-2)18(24-11-13)19-25-12-16(26(19)3)14-6-8-15(9-7-14)29-20(21,22)23/h4,6-12H,1,5H2,2-3H3. The zero-order valence-corrected chi connectivity index (χ0v) is 17.0. The first-order valence-corrected chi connectivity index (χ1v) is 10.4. The van der Waals surface area contributed by atoms with Gasteiger partial charge in [0.25, 0.3) is 0 Å². The molecule has 0 amide bonds. The maximum Gasteiger partial charge on any atom is 0.573 e. The van der Waals surface area contributed by atoms with Crippen LogP contribution in [0.2, 0.25) is 0 Å². The molecule has 3 aromatic rings. The zero-order chi connectivity index (χ0) is 22.1. The molecule has 30 heavy (non-hydrogen) atoms. The molecule has 2 aromatic heterocycles. The van der Waals surface area contributed by atoms with Crippen LogP contribution in [0.25, 0.3) is 28.9 Å². The van der Waals surface area contributed by atoms with Crippen LogP contribution in [0.15, 0.2) is 54.2 Å². The lowest BCUT2D eigenvalue weighted by atomic mass is 10.1. The molecule has 0 spiro atoms. The van der Waals surface area contributed by atoms with Gasteiger partial charge in [-0.2, -0.15) is 0 Å². The highest BCUT2D eigenvalue weighted by atomic mass is 32.2. The first kappa shape index (κ1) is 21.6. The fourth-order valence-electron chi connectivity index (χ4n) is 2.86. The second-order valence-corrected chi connectivity index (χ2v) is 8.57. The molecular formula is C20H18F3N3O3S. The van der Waals surface area contributed by atoms with E-state index in [9.17, 15) is 21.6 Å². The Morgan fingerprint density at radius 3 is 2.40 bits per heavy atom. The SMILES string of the molecule is C=Cc1cnc(-c2ncc(-c3ccc(OC(F)(F)F)cc3)n2C)c(S(=O)(=O)CC)c1. The predicted molar refractivity (Wildman–Crippen MR) is 106 cm³/mol. The van der Waals surface area contributed by atoms with Gasteiger partial charge in [-0.15, -0.1) is 13.2 Å². The Balaban J connectivity index is 2.05. The number of ether oxygens (including phenoxy) is 1. The summed E-state index contributed by atoms with van der Waals surface area (Å²) < 4.78 is 67.7. The number of alkyl halides is 3. The van der Waals surface area contributed by atoms with E-state index in [2.05, 4.69) is 21.3 Å². The van der Waals surface area contributed by atoms with E-state index in [0.717, 1.165) is 0 Å². The van der Waals surface area contributed by atoms with Gasteiger partial charge >= 0.3 is 6.36 Å². The number of nitrogens with zero attached hydrogens (tertiary/aromatic N) is 3. The van der Waals surface area contributed by atoms with Crippen molar-refractivity contribution >= 4 is 15.9 Å². The average Bonchev–Trinajstić information content (AvgIpc) is 3.08. The van der Waals surface area contributed by atoms with Crippen molar-refractivity contribution in [1.29, 1.82) is 0 Å². The number of imidazole rings is 1. The number of sulfone groups is 1. The molecule has 0 saturated heterocycles. The van der Waals surface area contributed by atoms with E-state index in [1.54, 1.807) is 11.6 Å². The third kappa shape index (κ3) is 4.38. The molecule has 158 valence electrons. The van der Waals surface area contributed by atoms with Crippen LogP contribution in [-0.2, 0) is 16.9 Å². The summed E-state index contributed by atoms with van der Waals surface area (Å²) >= 11 is 0. The van der Waals surface area contributed by atoms with Crippen molar-refractivity contribution in [3.05, 3.63) is 54.9 Å². The molecule has 0 aliphatic rings. The molecule has 0 unspecified atom stereocenters. The zero-order valence-electron chi connectivity index (χ0n) is 16.1. The van der Waals surface area contributed by atoms with Crippen molar-refractivity contribution in [3.8, 4) is 28.5 Å². The van der Waals surface area contributed by atoms with Crippen LogP contribution in [0, 0.1) is 0 Å². The quantitative estimate of drug-likeness (QED) is 0.568. The molecule has 0 N–H and O–H groups in total. The molecule has 0 saturated carbocycles. The van der Waals surface area contributed by atoms with Gasteiger partial charge in [0.2, 0.25) is 0 Å². The van der Waals surface area contributed by atoms with E-state index in [4.69, 9.17) is 0 Å². The fourth-order valence-corrected chi connectivity index (χ4v) is 3.92. The van der Waals surface area contributed by atoms with Crippen molar-refractivity contribution in [1.82, 2.24) is 14.5 Å². The van der Waals surface area contributed by atoms with Gasteiger partial charge in [-0.25, -0.2) is 13.4 Å². The Morgan fingerprint density at radius 1 is 1.17 bits per heavy atom. The number of hydrogen-bond donors (Lipinski definition) is 0. The summed E-state index contributed by atoms with van der Waals surface area (Å²) in [6.45, 7) is 5.17. The van der Waals surface area contributed by atoms with Gasteiger partial charge in [-0.05, 0) is 35.9 Å². The van der Waals surface area contributed by atoms with Crippen molar-refractivity contribution in [3.63, 3.8) is 0 Å². The lowest BCUT2D eigenvalue weighted by Gasteiger charge is -2.12. The number of rotatable bonds is 6. The molecule has 0 radical (unpaired) electrons. The number of benzene rings is 1. The summed E-state index contributed by atoms with van der Waals surface area (Å²) in [6.07, 6.45) is -0.277. The van der Waals surface area contributed by atoms with E-state index >= 15 is 0 Å². The minimum absolute atomic E-state index is 0.0385. The van der Waals surface area contributed by atoms with E-state index in [-0.39, 0.29) is 22.1 Å². The maximum atomic E-state index is 12.6. The first-order valence-electron chi connectivity index (χ1n) is 8.79. The fraction of sp³-hybridized carbons (Fsp3) is 0.200. The highest BCUT2D eigenvalue weighted by Crippen LogP contribution is 2.31. The minimum atomic E-state index is -4.77. The number of pyridine rings is 1. The molecule has 3 rings (SSSR count). The van der Waals surface area contributed by atoms with Crippen molar-refractivity contribution in [2.24, 2.45) is 7.05 Å². The number of halogens is 3. The Kier molecular flexibility index (Phi) is 5.71. The lowest BCUT2D eigenvalue weighted by Crippen LogP contribution is -2.16. The smallest absolute Gasteiger partial charge is 0.406 e.